The molecule has 1 N–H and O–H groups in total. The minimum Gasteiger partial charge on any atom is -0.488 e. The van der Waals surface area contributed by atoms with Crippen molar-refractivity contribution in [1.29, 1.82) is 0 Å². The lowest BCUT2D eigenvalue weighted by atomic mass is 10.1. The lowest BCUT2D eigenvalue weighted by Gasteiger charge is -2.10. The molecule has 0 aliphatic carbocycles. The Labute approximate surface area is 180 Å². The number of hydrogen-bond donors (Lipinski definition) is 1. The molecule has 1 aromatic heterocycles. The van der Waals surface area contributed by atoms with Gasteiger partial charge in [0.05, 0.1) is 11.8 Å². The molecule has 1 amide bonds. The molecule has 0 spiro atoms. The first-order chi connectivity index (χ1) is 14.0. The van der Waals surface area contributed by atoms with Gasteiger partial charge < -0.3 is 4.74 Å². The average Bonchev–Trinajstić information content (AvgIpc) is 3.18. The molecule has 0 saturated carbocycles. The van der Waals surface area contributed by atoms with Crippen LogP contribution in [0.3, 0.4) is 0 Å². The fourth-order valence-corrected chi connectivity index (χ4v) is 3.85. The van der Waals surface area contributed by atoms with Crippen molar-refractivity contribution in [3.63, 3.8) is 0 Å². The van der Waals surface area contributed by atoms with Crippen molar-refractivity contribution >= 4 is 35.1 Å². The molecule has 0 bridgehead atoms. The molecule has 0 unspecified atom stereocenters. The molecule has 0 aliphatic heterocycles. The van der Waals surface area contributed by atoms with Gasteiger partial charge >= 0.3 is 0 Å². The third kappa shape index (κ3) is 6.17. The number of benzene rings is 2. The Morgan fingerprint density at radius 2 is 2.00 bits per heavy atom. The first kappa shape index (κ1) is 21.1. The first-order valence-corrected chi connectivity index (χ1v) is 10.7. The first-order valence-electron chi connectivity index (χ1n) is 9.44. The zero-order chi connectivity index (χ0) is 20.6. The molecule has 0 fully saturated rings. The van der Waals surface area contributed by atoms with Crippen LogP contribution in [-0.4, -0.2) is 12.1 Å². The van der Waals surface area contributed by atoms with Crippen LogP contribution in [0.15, 0.2) is 59.0 Å². The summed E-state index contributed by atoms with van der Waals surface area (Å²) in [5.41, 5.74) is 6.16. The molecule has 2 aromatic carbocycles. The van der Waals surface area contributed by atoms with Crippen LogP contribution in [0, 0.1) is 6.92 Å². The van der Waals surface area contributed by atoms with Crippen molar-refractivity contribution in [3.05, 3.63) is 86.1 Å². The van der Waals surface area contributed by atoms with Gasteiger partial charge in [0, 0.05) is 20.8 Å². The molecule has 0 saturated heterocycles. The predicted molar refractivity (Wildman–Crippen MR) is 120 cm³/mol. The zero-order valence-corrected chi connectivity index (χ0v) is 18.0. The minimum absolute atomic E-state index is 0.232. The van der Waals surface area contributed by atoms with Crippen LogP contribution in [0.25, 0.3) is 0 Å². The van der Waals surface area contributed by atoms with Crippen LogP contribution in [0.1, 0.15) is 45.3 Å². The molecular formula is C23H23ClN2O2S. The van der Waals surface area contributed by atoms with Crippen LogP contribution in [0.4, 0.5) is 0 Å². The molecule has 150 valence electrons. The zero-order valence-electron chi connectivity index (χ0n) is 16.4. The van der Waals surface area contributed by atoms with Crippen molar-refractivity contribution in [2.24, 2.45) is 5.10 Å². The van der Waals surface area contributed by atoms with E-state index in [0.29, 0.717) is 28.5 Å². The van der Waals surface area contributed by atoms with Gasteiger partial charge in [-0.05, 0) is 43.2 Å². The topological polar surface area (TPSA) is 50.7 Å². The van der Waals surface area contributed by atoms with Gasteiger partial charge in [-0.1, -0.05) is 54.8 Å². The number of carbonyl (C=O) groups is 1. The summed E-state index contributed by atoms with van der Waals surface area (Å²) < 4.78 is 5.93. The molecular weight excluding hydrogens is 404 g/mol. The van der Waals surface area contributed by atoms with E-state index in [1.54, 1.807) is 35.8 Å². The highest BCUT2D eigenvalue weighted by Gasteiger charge is 2.08. The second-order valence-electron chi connectivity index (χ2n) is 6.71. The lowest BCUT2D eigenvalue weighted by molar-refractivity contribution is 0.0955. The van der Waals surface area contributed by atoms with E-state index in [4.69, 9.17) is 16.3 Å². The monoisotopic (exact) mass is 426 g/mol. The highest BCUT2D eigenvalue weighted by molar-refractivity contribution is 7.10. The molecule has 0 radical (unpaired) electrons. The van der Waals surface area contributed by atoms with Crippen LogP contribution >= 0.6 is 22.9 Å². The largest absolute Gasteiger partial charge is 0.488 e. The van der Waals surface area contributed by atoms with E-state index in [-0.39, 0.29) is 5.91 Å². The van der Waals surface area contributed by atoms with Crippen molar-refractivity contribution in [1.82, 2.24) is 5.43 Å². The third-order valence-corrected chi connectivity index (χ3v) is 5.50. The summed E-state index contributed by atoms with van der Waals surface area (Å²) in [7, 11) is 0. The van der Waals surface area contributed by atoms with Gasteiger partial charge in [-0.3, -0.25) is 4.79 Å². The molecule has 1 heterocycles. The summed E-state index contributed by atoms with van der Waals surface area (Å²) in [6.07, 6.45) is 3.58. The number of hydrazone groups is 1. The van der Waals surface area contributed by atoms with Gasteiger partial charge in [-0.25, -0.2) is 5.43 Å². The maximum absolute atomic E-state index is 12.3. The van der Waals surface area contributed by atoms with Crippen LogP contribution < -0.4 is 10.2 Å². The molecule has 3 aromatic rings. The number of halogens is 1. The number of aryl methyl sites for hydroxylation is 2. The predicted octanol–water partition coefficient (Wildman–Crippen LogP) is 6.01. The molecule has 4 nitrogen and oxygen atoms in total. The highest BCUT2D eigenvalue weighted by atomic mass is 35.5. The Morgan fingerprint density at radius 1 is 1.21 bits per heavy atom. The fourth-order valence-electron chi connectivity index (χ4n) is 2.70. The number of hydrogen-bond acceptors (Lipinski definition) is 4. The minimum atomic E-state index is -0.232. The number of ether oxygens (including phenoxy) is 1. The van der Waals surface area contributed by atoms with Gasteiger partial charge in [-0.2, -0.15) is 5.10 Å². The normalized spacial score (nSPS) is 11.0. The maximum Gasteiger partial charge on any atom is 0.272 e. The Balaban J connectivity index is 1.65. The van der Waals surface area contributed by atoms with Crippen molar-refractivity contribution in [2.75, 3.05) is 0 Å². The van der Waals surface area contributed by atoms with Crippen LogP contribution in [-0.2, 0) is 13.0 Å². The number of nitrogens with zero attached hydrogens (tertiary/aromatic N) is 1. The second-order valence-corrected chi connectivity index (χ2v) is 8.14. The Hall–Kier alpha value is -2.63. The molecule has 29 heavy (non-hydrogen) atoms. The van der Waals surface area contributed by atoms with Gasteiger partial charge in [-0.15, -0.1) is 11.3 Å². The van der Waals surface area contributed by atoms with Crippen LogP contribution in [0.2, 0.25) is 5.02 Å². The van der Waals surface area contributed by atoms with Gasteiger partial charge in [0.1, 0.15) is 12.4 Å². The maximum atomic E-state index is 12.3. The fraction of sp³-hybridized carbons (Fsp3) is 0.217. The highest BCUT2D eigenvalue weighted by Crippen LogP contribution is 2.23. The average molecular weight is 427 g/mol. The number of carbonyl (C=O) groups excluding carboxylic acids is 1. The molecule has 0 aliphatic rings. The van der Waals surface area contributed by atoms with E-state index in [1.165, 1.54) is 10.4 Å². The molecule has 0 atom stereocenters. The lowest BCUT2D eigenvalue weighted by Crippen LogP contribution is -2.16. The number of nitrogens with one attached hydrogen (secondary N) is 1. The van der Waals surface area contributed by atoms with Gasteiger partial charge in [0.25, 0.3) is 5.91 Å². The summed E-state index contributed by atoms with van der Waals surface area (Å²) in [5, 5.41) is 6.51. The standard InChI is InChI=1S/C23H23ClN2O2S/c1-3-4-21-12-19(15-29-21)23(27)26-25-13-18-11-20(24)9-10-22(18)28-14-17-7-5-16(2)6-8-17/h5-13,15H,3-4,14H2,1-2H3,(H,26,27). The molecule has 6 heteroatoms. The molecule has 3 rings (SSSR count). The second kappa shape index (κ2) is 10.2. The Morgan fingerprint density at radius 3 is 2.76 bits per heavy atom. The van der Waals surface area contributed by atoms with Crippen molar-refractivity contribution < 1.29 is 9.53 Å². The van der Waals surface area contributed by atoms with Gasteiger partial charge in [0.15, 0.2) is 0 Å². The van der Waals surface area contributed by atoms with E-state index >= 15 is 0 Å². The summed E-state index contributed by atoms with van der Waals surface area (Å²) >= 11 is 7.71. The van der Waals surface area contributed by atoms with E-state index < -0.39 is 0 Å². The van der Waals surface area contributed by atoms with E-state index in [9.17, 15) is 4.79 Å². The van der Waals surface area contributed by atoms with E-state index in [2.05, 4.69) is 29.6 Å². The quantitative estimate of drug-likeness (QED) is 0.354. The van der Waals surface area contributed by atoms with Crippen molar-refractivity contribution in [2.45, 2.75) is 33.3 Å². The van der Waals surface area contributed by atoms with Crippen LogP contribution in [0.5, 0.6) is 5.75 Å². The van der Waals surface area contributed by atoms with Gasteiger partial charge in [0.2, 0.25) is 0 Å². The Bertz CT molecular complexity index is 996. The number of rotatable bonds is 8. The summed E-state index contributed by atoms with van der Waals surface area (Å²) in [6.45, 7) is 4.60. The van der Waals surface area contributed by atoms with Crippen molar-refractivity contribution in [3.8, 4) is 5.75 Å². The SMILES string of the molecule is CCCc1cc(C(=O)NN=Cc2cc(Cl)ccc2OCc2ccc(C)cc2)cs1. The van der Waals surface area contributed by atoms with E-state index in [0.717, 1.165) is 18.4 Å². The Kier molecular flexibility index (Phi) is 7.44. The smallest absolute Gasteiger partial charge is 0.272 e. The van der Waals surface area contributed by atoms with E-state index in [1.807, 2.05) is 30.5 Å². The number of amides is 1. The summed E-state index contributed by atoms with van der Waals surface area (Å²) in [5.74, 6) is 0.415. The third-order valence-electron chi connectivity index (χ3n) is 4.27. The number of thiophene rings is 1. The summed E-state index contributed by atoms with van der Waals surface area (Å²) in [6, 6.07) is 15.4. The summed E-state index contributed by atoms with van der Waals surface area (Å²) in [4.78, 5) is 13.5.